The Morgan fingerprint density at radius 1 is 1.33 bits per heavy atom. The fourth-order valence-corrected chi connectivity index (χ4v) is 3.74. The second-order valence-corrected chi connectivity index (χ2v) is 7.60. The van der Waals surface area contributed by atoms with E-state index in [1.54, 1.807) is 0 Å². The number of sulfone groups is 1. The van der Waals surface area contributed by atoms with Crippen LogP contribution in [0.3, 0.4) is 0 Å². The van der Waals surface area contributed by atoms with Crippen LogP contribution in [0.2, 0.25) is 0 Å². The molecule has 0 radical (unpaired) electrons. The first-order chi connectivity index (χ1) is 9.78. The lowest BCUT2D eigenvalue weighted by Crippen LogP contribution is -2.26. The van der Waals surface area contributed by atoms with Crippen LogP contribution >= 0.6 is 0 Å². The second-order valence-electron chi connectivity index (χ2n) is 5.30. The Morgan fingerprint density at radius 2 is 2.05 bits per heavy atom. The number of carbonyl (C=O) groups excluding carboxylic acids is 1. The second kappa shape index (κ2) is 6.11. The Labute approximate surface area is 123 Å². The van der Waals surface area contributed by atoms with E-state index in [-0.39, 0.29) is 29.4 Å². The number of rotatable bonds is 3. The highest BCUT2D eigenvalue weighted by atomic mass is 32.2. The maximum absolute atomic E-state index is 13.5. The number of halogens is 1. The van der Waals surface area contributed by atoms with Crippen molar-refractivity contribution < 1.29 is 22.7 Å². The average molecular weight is 315 g/mol. The summed E-state index contributed by atoms with van der Waals surface area (Å²) in [5.74, 6) is -1.02. The molecule has 0 spiro atoms. The molecule has 1 aliphatic rings. The summed E-state index contributed by atoms with van der Waals surface area (Å²) >= 11 is 0. The molecule has 1 heterocycles. The minimum Gasteiger partial charge on any atom is -0.507 e. The zero-order chi connectivity index (χ0) is 15.6. The molecular formula is C14H18FNO4S. The number of aromatic hydroxyl groups is 1. The normalized spacial score (nSPS) is 19.1. The summed E-state index contributed by atoms with van der Waals surface area (Å²) in [5.41, 5.74) is 0.256. The summed E-state index contributed by atoms with van der Waals surface area (Å²) in [5, 5.41) is 10.1. The first-order valence-corrected chi connectivity index (χ1v) is 8.56. The lowest BCUT2D eigenvalue weighted by Gasteiger charge is -2.20. The van der Waals surface area contributed by atoms with Crippen molar-refractivity contribution in [1.82, 2.24) is 4.90 Å². The van der Waals surface area contributed by atoms with E-state index in [2.05, 4.69) is 0 Å². The van der Waals surface area contributed by atoms with E-state index < -0.39 is 21.4 Å². The number of phenols is 1. The van der Waals surface area contributed by atoms with Gasteiger partial charge in [0.1, 0.15) is 11.6 Å². The average Bonchev–Trinajstić information content (AvgIpc) is 2.54. The molecule has 0 amide bonds. The standard InChI is InChI=1S/C14H18FNO4S/c1-10(17)13-8-12(15)7-11(14(13)18)9-16-3-2-5-21(19,20)6-4-16/h7-8,18H,2-6,9H2,1H3. The summed E-state index contributed by atoms with van der Waals surface area (Å²) in [6.45, 7) is 2.38. The van der Waals surface area contributed by atoms with Gasteiger partial charge in [-0.2, -0.15) is 0 Å². The molecule has 0 aromatic heterocycles. The van der Waals surface area contributed by atoms with Gasteiger partial charge in [-0.15, -0.1) is 0 Å². The zero-order valence-electron chi connectivity index (χ0n) is 11.8. The molecule has 2 rings (SSSR count). The predicted octanol–water partition coefficient (Wildman–Crippen LogP) is 1.35. The maximum atomic E-state index is 13.5. The number of hydrogen-bond acceptors (Lipinski definition) is 5. The first-order valence-electron chi connectivity index (χ1n) is 6.73. The molecule has 1 aromatic carbocycles. The Morgan fingerprint density at radius 3 is 2.71 bits per heavy atom. The van der Waals surface area contributed by atoms with Crippen LogP contribution in [0, 0.1) is 5.82 Å². The van der Waals surface area contributed by atoms with Crippen molar-refractivity contribution in [2.45, 2.75) is 19.9 Å². The number of ketones is 1. The zero-order valence-corrected chi connectivity index (χ0v) is 12.6. The van der Waals surface area contributed by atoms with E-state index in [9.17, 15) is 22.7 Å². The largest absolute Gasteiger partial charge is 0.507 e. The Bertz CT molecular complexity index is 657. The van der Waals surface area contributed by atoms with Gasteiger partial charge in [-0.1, -0.05) is 0 Å². The van der Waals surface area contributed by atoms with Gasteiger partial charge in [0.15, 0.2) is 15.6 Å². The molecule has 1 aliphatic heterocycles. The van der Waals surface area contributed by atoms with Crippen LogP contribution in [0.4, 0.5) is 4.39 Å². The van der Waals surface area contributed by atoms with Gasteiger partial charge in [-0.25, -0.2) is 12.8 Å². The first kappa shape index (κ1) is 15.9. The quantitative estimate of drug-likeness (QED) is 0.852. The van der Waals surface area contributed by atoms with Crippen molar-refractivity contribution in [2.75, 3.05) is 24.6 Å². The number of phenolic OH excluding ortho intramolecular Hbond substituents is 1. The Kier molecular flexibility index (Phi) is 4.63. The van der Waals surface area contributed by atoms with Gasteiger partial charge in [-0.05, 0) is 32.0 Å². The van der Waals surface area contributed by atoms with Crippen molar-refractivity contribution in [2.24, 2.45) is 0 Å². The summed E-state index contributed by atoms with van der Waals surface area (Å²) < 4.78 is 36.7. The number of carbonyl (C=O) groups is 1. The van der Waals surface area contributed by atoms with Gasteiger partial charge >= 0.3 is 0 Å². The topological polar surface area (TPSA) is 74.7 Å². The van der Waals surface area contributed by atoms with E-state index in [1.165, 1.54) is 13.0 Å². The number of hydrogen-bond donors (Lipinski definition) is 1. The molecule has 5 nitrogen and oxygen atoms in total. The highest BCUT2D eigenvalue weighted by Gasteiger charge is 2.21. The molecule has 0 unspecified atom stereocenters. The third-order valence-corrected chi connectivity index (χ3v) is 5.29. The van der Waals surface area contributed by atoms with E-state index in [0.29, 0.717) is 25.1 Å². The highest BCUT2D eigenvalue weighted by molar-refractivity contribution is 7.91. The van der Waals surface area contributed by atoms with Crippen molar-refractivity contribution in [3.63, 3.8) is 0 Å². The van der Waals surface area contributed by atoms with E-state index in [4.69, 9.17) is 0 Å². The third-order valence-electron chi connectivity index (χ3n) is 3.58. The van der Waals surface area contributed by atoms with Crippen LogP contribution in [0.1, 0.15) is 29.3 Å². The molecule has 1 aromatic rings. The van der Waals surface area contributed by atoms with Crippen molar-refractivity contribution >= 4 is 15.6 Å². The smallest absolute Gasteiger partial charge is 0.163 e. The third kappa shape index (κ3) is 4.01. The molecule has 0 saturated carbocycles. The molecule has 1 saturated heterocycles. The van der Waals surface area contributed by atoms with Gasteiger partial charge < -0.3 is 5.11 Å². The number of nitrogens with zero attached hydrogens (tertiary/aromatic N) is 1. The van der Waals surface area contributed by atoms with Crippen LogP contribution in [-0.4, -0.2) is 48.8 Å². The van der Waals surface area contributed by atoms with Gasteiger partial charge in [-0.3, -0.25) is 9.69 Å². The Balaban J connectivity index is 2.21. The van der Waals surface area contributed by atoms with Gasteiger partial charge in [0.25, 0.3) is 0 Å². The SMILES string of the molecule is CC(=O)c1cc(F)cc(CN2CCCS(=O)(=O)CC2)c1O. The molecule has 1 N–H and O–H groups in total. The highest BCUT2D eigenvalue weighted by Crippen LogP contribution is 2.26. The minimum absolute atomic E-state index is 0.0487. The molecule has 0 bridgehead atoms. The number of Topliss-reactive ketones (excluding diaryl/α,β-unsaturated/α-hetero) is 1. The monoisotopic (exact) mass is 315 g/mol. The predicted molar refractivity (Wildman–Crippen MR) is 76.6 cm³/mol. The van der Waals surface area contributed by atoms with Gasteiger partial charge in [0.05, 0.1) is 17.1 Å². The van der Waals surface area contributed by atoms with Crippen molar-refractivity contribution in [1.29, 1.82) is 0 Å². The van der Waals surface area contributed by atoms with E-state index in [1.807, 2.05) is 4.90 Å². The lowest BCUT2D eigenvalue weighted by atomic mass is 10.0. The van der Waals surface area contributed by atoms with Crippen LogP contribution in [-0.2, 0) is 16.4 Å². The van der Waals surface area contributed by atoms with Crippen molar-refractivity contribution in [3.8, 4) is 5.75 Å². The lowest BCUT2D eigenvalue weighted by molar-refractivity contribution is 0.101. The molecule has 0 aliphatic carbocycles. The Hall–Kier alpha value is -1.47. The summed E-state index contributed by atoms with van der Waals surface area (Å²) in [7, 11) is -3.02. The molecule has 116 valence electrons. The minimum atomic E-state index is -3.02. The summed E-state index contributed by atoms with van der Waals surface area (Å²) in [4.78, 5) is 13.2. The molecule has 21 heavy (non-hydrogen) atoms. The molecule has 0 atom stereocenters. The fourth-order valence-electron chi connectivity index (χ4n) is 2.43. The van der Waals surface area contributed by atoms with Crippen LogP contribution in [0.15, 0.2) is 12.1 Å². The maximum Gasteiger partial charge on any atom is 0.163 e. The van der Waals surface area contributed by atoms with Crippen LogP contribution < -0.4 is 0 Å². The van der Waals surface area contributed by atoms with Gasteiger partial charge in [0.2, 0.25) is 0 Å². The molecule has 1 fully saturated rings. The summed E-state index contributed by atoms with van der Waals surface area (Å²) in [6, 6.07) is 2.19. The molecular weight excluding hydrogens is 297 g/mol. The van der Waals surface area contributed by atoms with Gasteiger partial charge in [0, 0.05) is 18.7 Å². The molecule has 7 heteroatoms. The number of benzene rings is 1. The van der Waals surface area contributed by atoms with Crippen LogP contribution in [0.5, 0.6) is 5.75 Å². The summed E-state index contributed by atoms with van der Waals surface area (Å²) in [6.07, 6.45) is 0.512. The van der Waals surface area contributed by atoms with Crippen LogP contribution in [0.25, 0.3) is 0 Å². The fraction of sp³-hybridized carbons (Fsp3) is 0.500. The van der Waals surface area contributed by atoms with Crippen molar-refractivity contribution in [3.05, 3.63) is 29.1 Å². The van der Waals surface area contributed by atoms with E-state index in [0.717, 1.165) is 6.07 Å². The van der Waals surface area contributed by atoms with E-state index >= 15 is 0 Å².